The van der Waals surface area contributed by atoms with Crippen LogP contribution in [0.2, 0.25) is 0 Å². The van der Waals surface area contributed by atoms with Crippen LogP contribution in [0.5, 0.6) is 11.5 Å². The number of benzene rings is 2. The topological polar surface area (TPSA) is 102 Å². The van der Waals surface area contributed by atoms with Crippen LogP contribution in [0.1, 0.15) is 41.1 Å². The van der Waals surface area contributed by atoms with Crippen LogP contribution in [0.4, 0.5) is 26.3 Å². The minimum absolute atomic E-state index is 0.115. The first-order valence-electron chi connectivity index (χ1n) is 9.99. The van der Waals surface area contributed by atoms with Gasteiger partial charge in [-0.25, -0.2) is 17.9 Å². The molecule has 0 aromatic heterocycles. The van der Waals surface area contributed by atoms with Gasteiger partial charge in [-0.15, -0.1) is 0 Å². The summed E-state index contributed by atoms with van der Waals surface area (Å²) in [7, 11) is -3.55. The van der Waals surface area contributed by atoms with Crippen LogP contribution in [-0.4, -0.2) is 33.2 Å². The molecule has 0 aliphatic heterocycles. The number of carbonyl (C=O) groups is 1. The molecular weight excluding hydrogens is 508 g/mol. The molecular formula is C21H19F6NO6S. The molecule has 0 saturated carbocycles. The molecule has 0 heterocycles. The quantitative estimate of drug-likeness (QED) is 0.513. The average Bonchev–Trinajstić information content (AvgIpc) is 2.75. The molecule has 1 atom stereocenters. The van der Waals surface area contributed by atoms with E-state index in [1.807, 2.05) is 0 Å². The normalized spacial score (nSPS) is 16.5. The van der Waals surface area contributed by atoms with E-state index in [-0.39, 0.29) is 36.1 Å². The van der Waals surface area contributed by atoms with Gasteiger partial charge in [0.1, 0.15) is 11.5 Å². The lowest BCUT2D eigenvalue weighted by atomic mass is 9.87. The van der Waals surface area contributed by atoms with Crippen molar-refractivity contribution < 1.29 is 54.1 Å². The highest BCUT2D eigenvalue weighted by Crippen LogP contribution is 2.41. The predicted octanol–water partition coefficient (Wildman–Crippen LogP) is 4.55. The molecule has 1 aliphatic rings. The van der Waals surface area contributed by atoms with Gasteiger partial charge in [-0.1, -0.05) is 0 Å². The second kappa shape index (κ2) is 9.57. The molecule has 0 amide bonds. The Bertz CT molecular complexity index is 1190. The van der Waals surface area contributed by atoms with Crippen LogP contribution in [0.3, 0.4) is 0 Å². The molecule has 2 aromatic rings. The molecule has 3 rings (SSSR count). The number of rotatable bonds is 7. The molecule has 0 fully saturated rings. The Morgan fingerprint density at radius 1 is 1.06 bits per heavy atom. The summed E-state index contributed by atoms with van der Waals surface area (Å²) in [6.45, 7) is -0.694. The Balaban J connectivity index is 2.04. The van der Waals surface area contributed by atoms with Crippen LogP contribution in [0.25, 0.3) is 0 Å². The number of alkyl halides is 6. The van der Waals surface area contributed by atoms with E-state index in [1.165, 1.54) is 19.2 Å². The SMILES string of the molecule is COc1cc(OCC(=O)O)c2c(c1)[C@H](NS(=O)(=O)c1cc(C(F)(F)F)cc(C(F)(F)F)c1)CCC2. The lowest BCUT2D eigenvalue weighted by molar-refractivity contribution is -0.143. The zero-order chi connectivity index (χ0) is 26.2. The van der Waals surface area contributed by atoms with Crippen molar-refractivity contribution >= 4 is 16.0 Å². The number of hydrogen-bond donors (Lipinski definition) is 2. The van der Waals surface area contributed by atoms with E-state index >= 15 is 0 Å². The van der Waals surface area contributed by atoms with E-state index in [0.717, 1.165) is 0 Å². The molecule has 2 aromatic carbocycles. The fourth-order valence-electron chi connectivity index (χ4n) is 3.70. The van der Waals surface area contributed by atoms with Crippen LogP contribution >= 0.6 is 0 Å². The van der Waals surface area contributed by atoms with Crippen LogP contribution < -0.4 is 14.2 Å². The zero-order valence-corrected chi connectivity index (χ0v) is 18.8. The van der Waals surface area contributed by atoms with Crippen molar-refractivity contribution in [2.45, 2.75) is 42.6 Å². The fourth-order valence-corrected chi connectivity index (χ4v) is 5.02. The standard InChI is InChI=1S/C21H19F6NO6S/c1-33-13-8-16-15(18(9-13)34-10-19(29)30)3-2-4-17(16)28-35(31,32)14-6-11(20(22,23)24)5-12(7-14)21(25,26)27/h5-9,17,28H,2-4,10H2,1H3,(H,29,30)/t17-/m1/s1. The summed E-state index contributed by atoms with van der Waals surface area (Å²) >= 11 is 0. The van der Waals surface area contributed by atoms with Crippen molar-refractivity contribution in [3.05, 3.63) is 52.6 Å². The van der Waals surface area contributed by atoms with Gasteiger partial charge in [-0.3, -0.25) is 0 Å². The largest absolute Gasteiger partial charge is 0.497 e. The van der Waals surface area contributed by atoms with Gasteiger partial charge in [0, 0.05) is 12.1 Å². The van der Waals surface area contributed by atoms with Crippen LogP contribution in [-0.2, 0) is 33.6 Å². The maximum Gasteiger partial charge on any atom is 0.416 e. The number of carboxylic acids is 1. The lowest BCUT2D eigenvalue weighted by Gasteiger charge is -2.28. The predicted molar refractivity (Wildman–Crippen MR) is 109 cm³/mol. The average molecular weight is 527 g/mol. The van der Waals surface area contributed by atoms with Crippen molar-refractivity contribution in [3.8, 4) is 11.5 Å². The maximum absolute atomic E-state index is 13.2. The Kier molecular flexibility index (Phi) is 7.27. The van der Waals surface area contributed by atoms with Crippen LogP contribution in [0.15, 0.2) is 35.2 Å². The molecule has 0 spiro atoms. The monoisotopic (exact) mass is 527 g/mol. The third-order valence-corrected chi connectivity index (χ3v) is 6.72. The Morgan fingerprint density at radius 2 is 1.66 bits per heavy atom. The molecule has 14 heteroatoms. The number of hydrogen-bond acceptors (Lipinski definition) is 5. The first-order chi connectivity index (χ1) is 16.1. The third-order valence-electron chi connectivity index (χ3n) is 5.27. The van der Waals surface area contributed by atoms with Gasteiger partial charge < -0.3 is 14.6 Å². The van der Waals surface area contributed by atoms with Gasteiger partial charge in [0.2, 0.25) is 10.0 Å². The number of carboxylic acid groups (broad SMARTS) is 1. The van der Waals surface area contributed by atoms with Crippen molar-refractivity contribution in [2.24, 2.45) is 0 Å². The lowest BCUT2D eigenvalue weighted by Crippen LogP contribution is -2.32. The summed E-state index contributed by atoms with van der Waals surface area (Å²) in [4.78, 5) is 9.69. The molecule has 35 heavy (non-hydrogen) atoms. The van der Waals surface area contributed by atoms with E-state index < -0.39 is 57.0 Å². The van der Waals surface area contributed by atoms with Gasteiger partial charge in [0.25, 0.3) is 0 Å². The fraction of sp³-hybridized carbons (Fsp3) is 0.381. The highest BCUT2D eigenvalue weighted by Gasteiger charge is 2.39. The van der Waals surface area contributed by atoms with E-state index in [9.17, 15) is 39.6 Å². The first-order valence-corrected chi connectivity index (χ1v) is 11.5. The Morgan fingerprint density at radius 3 is 2.17 bits per heavy atom. The van der Waals surface area contributed by atoms with Crippen molar-refractivity contribution in [3.63, 3.8) is 0 Å². The number of methoxy groups -OCH3 is 1. The first kappa shape index (κ1) is 26.6. The molecule has 0 unspecified atom stereocenters. The molecule has 7 nitrogen and oxygen atoms in total. The molecule has 0 radical (unpaired) electrons. The van der Waals surface area contributed by atoms with Crippen LogP contribution in [0, 0.1) is 0 Å². The summed E-state index contributed by atoms with van der Waals surface area (Å²) in [5.74, 6) is -0.961. The summed E-state index contributed by atoms with van der Waals surface area (Å²) < 4.78 is 118. The summed E-state index contributed by atoms with van der Waals surface area (Å²) in [5, 5.41) is 8.89. The minimum atomic E-state index is -5.22. The zero-order valence-electron chi connectivity index (χ0n) is 18.0. The van der Waals surface area contributed by atoms with E-state index in [0.29, 0.717) is 24.0 Å². The summed E-state index contributed by atoms with van der Waals surface area (Å²) in [6.07, 6.45) is -9.51. The highest BCUT2D eigenvalue weighted by molar-refractivity contribution is 7.89. The second-order valence-corrected chi connectivity index (χ2v) is 9.40. The van der Waals surface area contributed by atoms with Gasteiger partial charge in [0.15, 0.2) is 6.61 Å². The number of aliphatic carboxylic acids is 1. The van der Waals surface area contributed by atoms with E-state index in [2.05, 4.69) is 4.72 Å². The van der Waals surface area contributed by atoms with E-state index in [1.54, 1.807) is 0 Å². The molecule has 1 aliphatic carbocycles. The summed E-state index contributed by atoms with van der Waals surface area (Å²) in [5.41, 5.74) is -2.76. The number of halogens is 6. The molecule has 192 valence electrons. The van der Waals surface area contributed by atoms with Gasteiger partial charge in [0.05, 0.1) is 23.1 Å². The molecule has 2 N–H and O–H groups in total. The minimum Gasteiger partial charge on any atom is -0.497 e. The van der Waals surface area contributed by atoms with Gasteiger partial charge in [-0.05, 0) is 54.7 Å². The summed E-state index contributed by atoms with van der Waals surface area (Å²) in [6, 6.07) is 1.91. The number of fused-ring (bicyclic) bond motifs is 1. The Hall–Kier alpha value is -3.00. The van der Waals surface area contributed by atoms with Gasteiger partial charge in [-0.2, -0.15) is 26.3 Å². The Labute approximate surface area is 195 Å². The smallest absolute Gasteiger partial charge is 0.416 e. The second-order valence-electron chi connectivity index (χ2n) is 7.68. The number of nitrogens with one attached hydrogen (secondary N) is 1. The van der Waals surface area contributed by atoms with Gasteiger partial charge >= 0.3 is 18.3 Å². The van der Waals surface area contributed by atoms with Crippen molar-refractivity contribution in [1.82, 2.24) is 4.72 Å². The molecule has 0 saturated heterocycles. The maximum atomic E-state index is 13.2. The van der Waals surface area contributed by atoms with E-state index in [4.69, 9.17) is 14.6 Å². The third kappa shape index (κ3) is 6.17. The highest BCUT2D eigenvalue weighted by atomic mass is 32.2. The molecule has 0 bridgehead atoms. The van der Waals surface area contributed by atoms with Crippen molar-refractivity contribution in [2.75, 3.05) is 13.7 Å². The number of ether oxygens (including phenoxy) is 2. The van der Waals surface area contributed by atoms with Crippen molar-refractivity contribution in [1.29, 1.82) is 0 Å². The number of sulfonamides is 1.